The van der Waals surface area contributed by atoms with Crippen LogP contribution in [-0.2, 0) is 0 Å². The van der Waals surface area contributed by atoms with Crippen LogP contribution in [0, 0.1) is 5.92 Å². The van der Waals surface area contributed by atoms with Gasteiger partial charge in [-0.15, -0.1) is 23.7 Å². The quantitative estimate of drug-likeness (QED) is 0.877. The lowest BCUT2D eigenvalue weighted by molar-refractivity contribution is 0.815. The molecule has 12 heavy (non-hydrogen) atoms. The fourth-order valence-corrected chi connectivity index (χ4v) is 3.01. The lowest BCUT2D eigenvalue weighted by atomic mass is 10.3. The number of nitrogens with two attached hydrogens (primary N) is 1. The molecule has 0 saturated heterocycles. The third-order valence-corrected chi connectivity index (χ3v) is 3.94. The molecule has 0 aliphatic heterocycles. The van der Waals surface area contributed by atoms with Crippen molar-refractivity contribution in [2.75, 3.05) is 6.54 Å². The maximum absolute atomic E-state index is 5.56. The van der Waals surface area contributed by atoms with Crippen LogP contribution in [0.3, 0.4) is 0 Å². The van der Waals surface area contributed by atoms with Gasteiger partial charge in [-0.1, -0.05) is 0 Å². The van der Waals surface area contributed by atoms with E-state index in [1.54, 1.807) is 0 Å². The van der Waals surface area contributed by atoms with Crippen molar-refractivity contribution in [3.63, 3.8) is 0 Å². The van der Waals surface area contributed by atoms with Crippen LogP contribution in [0.25, 0.3) is 0 Å². The maximum Gasteiger partial charge on any atom is 0.0701 e. The Labute approximate surface area is 90.9 Å². The number of rotatable bonds is 2. The van der Waals surface area contributed by atoms with E-state index in [-0.39, 0.29) is 12.4 Å². The normalized spacial score (nSPS) is 26.5. The summed E-state index contributed by atoms with van der Waals surface area (Å²) in [5, 5.41) is 0. The Morgan fingerprint density at radius 3 is 2.75 bits per heavy atom. The molecule has 1 aliphatic carbocycles. The number of thiophene rings is 1. The van der Waals surface area contributed by atoms with Crippen LogP contribution in [0.4, 0.5) is 0 Å². The van der Waals surface area contributed by atoms with Gasteiger partial charge in [-0.25, -0.2) is 0 Å². The topological polar surface area (TPSA) is 26.0 Å². The van der Waals surface area contributed by atoms with Gasteiger partial charge in [-0.05, 0) is 52.9 Å². The minimum atomic E-state index is 0. The van der Waals surface area contributed by atoms with Crippen molar-refractivity contribution >= 4 is 39.7 Å². The van der Waals surface area contributed by atoms with Gasteiger partial charge in [0.05, 0.1) is 3.79 Å². The van der Waals surface area contributed by atoms with E-state index in [9.17, 15) is 0 Å². The largest absolute Gasteiger partial charge is 0.330 e. The summed E-state index contributed by atoms with van der Waals surface area (Å²) in [5.74, 6) is 1.54. The van der Waals surface area contributed by atoms with Crippen molar-refractivity contribution in [3.05, 3.63) is 20.8 Å². The monoisotopic (exact) mass is 267 g/mol. The summed E-state index contributed by atoms with van der Waals surface area (Å²) >= 11 is 5.30. The van der Waals surface area contributed by atoms with Gasteiger partial charge < -0.3 is 5.73 Å². The van der Waals surface area contributed by atoms with Gasteiger partial charge in [0.25, 0.3) is 0 Å². The standard InChI is InChI=1S/C8H10BrNS.ClH/c9-8-2-1-7(11-8)6-3-5(6)4-10;/h1-2,5-6H,3-4,10H2;1H/t5-,6+;/m0./s1. The van der Waals surface area contributed by atoms with Crippen molar-refractivity contribution < 1.29 is 0 Å². The Morgan fingerprint density at radius 2 is 2.33 bits per heavy atom. The van der Waals surface area contributed by atoms with Gasteiger partial charge in [0, 0.05) is 4.88 Å². The molecule has 0 aromatic carbocycles. The van der Waals surface area contributed by atoms with Gasteiger partial charge in [-0.3, -0.25) is 0 Å². The minimum Gasteiger partial charge on any atom is -0.330 e. The van der Waals surface area contributed by atoms with Crippen LogP contribution in [0.15, 0.2) is 15.9 Å². The van der Waals surface area contributed by atoms with Crippen LogP contribution in [0.5, 0.6) is 0 Å². The molecule has 2 N–H and O–H groups in total. The SMILES string of the molecule is Cl.NC[C@@H]1C[C@H]1c1ccc(Br)s1. The molecule has 0 radical (unpaired) electrons. The zero-order valence-corrected chi connectivity index (χ0v) is 9.71. The van der Waals surface area contributed by atoms with Crippen LogP contribution in [-0.4, -0.2) is 6.54 Å². The second kappa shape index (κ2) is 4.09. The summed E-state index contributed by atoms with van der Waals surface area (Å²) in [4.78, 5) is 1.49. The molecule has 1 nitrogen and oxygen atoms in total. The van der Waals surface area contributed by atoms with E-state index >= 15 is 0 Å². The first-order valence-electron chi connectivity index (χ1n) is 3.76. The zero-order chi connectivity index (χ0) is 7.84. The van der Waals surface area contributed by atoms with Crippen molar-refractivity contribution in [3.8, 4) is 0 Å². The fraction of sp³-hybridized carbons (Fsp3) is 0.500. The molecule has 0 spiro atoms. The van der Waals surface area contributed by atoms with E-state index in [4.69, 9.17) is 5.73 Å². The average molecular weight is 269 g/mol. The van der Waals surface area contributed by atoms with E-state index in [0.29, 0.717) is 0 Å². The summed E-state index contributed by atoms with van der Waals surface area (Å²) in [6.45, 7) is 0.847. The van der Waals surface area contributed by atoms with Crippen LogP contribution < -0.4 is 5.73 Å². The van der Waals surface area contributed by atoms with Crippen LogP contribution in [0.2, 0.25) is 0 Å². The molecule has 1 heterocycles. The van der Waals surface area contributed by atoms with E-state index in [1.165, 1.54) is 15.1 Å². The molecule has 4 heteroatoms. The second-order valence-electron chi connectivity index (χ2n) is 2.98. The van der Waals surface area contributed by atoms with Gasteiger partial charge in [0.2, 0.25) is 0 Å². The van der Waals surface area contributed by atoms with E-state index < -0.39 is 0 Å². The second-order valence-corrected chi connectivity index (χ2v) is 5.47. The number of hydrogen-bond acceptors (Lipinski definition) is 2. The van der Waals surface area contributed by atoms with Gasteiger partial charge in [0.1, 0.15) is 0 Å². The summed E-state index contributed by atoms with van der Waals surface area (Å²) < 4.78 is 1.23. The van der Waals surface area contributed by atoms with E-state index in [2.05, 4.69) is 28.1 Å². The Bertz CT molecular complexity index is 263. The third kappa shape index (κ3) is 2.02. The molecule has 0 unspecified atom stereocenters. The number of hydrogen-bond donors (Lipinski definition) is 1. The molecule has 1 saturated carbocycles. The first-order chi connectivity index (χ1) is 5.31. The van der Waals surface area contributed by atoms with Crippen LogP contribution >= 0.6 is 39.7 Å². The molecule has 1 aromatic rings. The summed E-state index contributed by atoms with van der Waals surface area (Å²) in [5.41, 5.74) is 5.56. The molecule has 1 aliphatic rings. The Balaban J connectivity index is 0.000000720. The summed E-state index contributed by atoms with van der Waals surface area (Å²) in [6, 6.07) is 4.32. The Kier molecular flexibility index (Phi) is 3.58. The van der Waals surface area contributed by atoms with Crippen molar-refractivity contribution in [2.45, 2.75) is 12.3 Å². The van der Waals surface area contributed by atoms with Gasteiger partial charge in [0.15, 0.2) is 0 Å². The zero-order valence-electron chi connectivity index (χ0n) is 6.50. The fourth-order valence-electron chi connectivity index (χ4n) is 1.38. The number of halogens is 2. The molecule has 2 rings (SSSR count). The van der Waals surface area contributed by atoms with Crippen molar-refractivity contribution in [1.82, 2.24) is 0 Å². The van der Waals surface area contributed by atoms with Crippen molar-refractivity contribution in [1.29, 1.82) is 0 Å². The maximum atomic E-state index is 5.56. The van der Waals surface area contributed by atoms with E-state index in [0.717, 1.165) is 18.4 Å². The highest BCUT2D eigenvalue weighted by molar-refractivity contribution is 9.11. The first-order valence-corrected chi connectivity index (χ1v) is 5.37. The predicted molar refractivity (Wildman–Crippen MR) is 59.2 cm³/mol. The van der Waals surface area contributed by atoms with Crippen molar-refractivity contribution in [2.24, 2.45) is 11.7 Å². The Hall–Kier alpha value is 0.430. The van der Waals surface area contributed by atoms with E-state index in [1.807, 2.05) is 11.3 Å². The molecule has 68 valence electrons. The molecule has 2 atom stereocenters. The molecular formula is C8H11BrClNS. The van der Waals surface area contributed by atoms with Crippen LogP contribution in [0.1, 0.15) is 17.2 Å². The third-order valence-electron chi connectivity index (χ3n) is 2.18. The predicted octanol–water partition coefficient (Wildman–Crippen LogP) is 2.99. The first kappa shape index (κ1) is 10.5. The Morgan fingerprint density at radius 1 is 1.58 bits per heavy atom. The molecule has 0 bridgehead atoms. The highest BCUT2D eigenvalue weighted by atomic mass is 79.9. The van der Waals surface area contributed by atoms with Gasteiger partial charge >= 0.3 is 0 Å². The minimum absolute atomic E-state index is 0. The average Bonchev–Trinajstić information content (AvgIpc) is 2.68. The highest BCUT2D eigenvalue weighted by Crippen LogP contribution is 2.49. The summed E-state index contributed by atoms with van der Waals surface area (Å²) in [6.07, 6.45) is 1.30. The lowest BCUT2D eigenvalue weighted by Crippen LogP contribution is -2.01. The smallest absolute Gasteiger partial charge is 0.0701 e. The molecular weight excluding hydrogens is 258 g/mol. The molecule has 0 amide bonds. The molecule has 1 fully saturated rings. The van der Waals surface area contributed by atoms with Gasteiger partial charge in [-0.2, -0.15) is 0 Å². The lowest BCUT2D eigenvalue weighted by Gasteiger charge is -1.90. The summed E-state index contributed by atoms with van der Waals surface area (Å²) in [7, 11) is 0. The highest BCUT2D eigenvalue weighted by Gasteiger charge is 2.37. The molecule has 1 aromatic heterocycles.